The third-order valence-corrected chi connectivity index (χ3v) is 5.69. The average molecular weight is 544 g/mol. The maximum absolute atomic E-state index is 11.5. The summed E-state index contributed by atoms with van der Waals surface area (Å²) in [6.45, 7) is 10.7. The fraction of sp³-hybridized carbons (Fsp3) is 0.667. The Balaban J connectivity index is 0.00000480. The molecular weight excluding hydrogens is 501 g/mol. The normalized spacial score (nSPS) is 18.2. The minimum absolute atomic E-state index is 0. The minimum atomic E-state index is -0.171. The van der Waals surface area contributed by atoms with Crippen LogP contribution in [-0.2, 0) is 17.9 Å². The number of guanidine groups is 1. The molecule has 1 aliphatic rings. The van der Waals surface area contributed by atoms with E-state index in [0.29, 0.717) is 12.6 Å². The molecule has 1 heterocycles. The van der Waals surface area contributed by atoms with Crippen LogP contribution in [0, 0.1) is 5.92 Å². The number of benzene rings is 1. The molecular formula is C24H42IN5O. The van der Waals surface area contributed by atoms with Crippen LogP contribution in [0.25, 0.3) is 0 Å². The number of likely N-dealkylation sites (tertiary alicyclic amines) is 1. The van der Waals surface area contributed by atoms with Crippen molar-refractivity contribution in [3.8, 4) is 0 Å². The summed E-state index contributed by atoms with van der Waals surface area (Å²) >= 11 is 0. The summed E-state index contributed by atoms with van der Waals surface area (Å²) in [4.78, 5) is 18.7. The van der Waals surface area contributed by atoms with Crippen LogP contribution in [0.3, 0.4) is 0 Å². The van der Waals surface area contributed by atoms with Crippen molar-refractivity contribution in [2.24, 2.45) is 16.6 Å². The van der Waals surface area contributed by atoms with Crippen molar-refractivity contribution >= 4 is 35.8 Å². The lowest BCUT2D eigenvalue weighted by Gasteiger charge is -2.31. The van der Waals surface area contributed by atoms with Gasteiger partial charge in [0.05, 0.1) is 12.5 Å². The number of nitrogens with zero attached hydrogens (tertiary/aromatic N) is 2. The van der Waals surface area contributed by atoms with Gasteiger partial charge < -0.3 is 16.4 Å². The van der Waals surface area contributed by atoms with Crippen LogP contribution in [0.1, 0.15) is 70.4 Å². The molecule has 1 aliphatic heterocycles. The van der Waals surface area contributed by atoms with Gasteiger partial charge in [0, 0.05) is 25.7 Å². The standard InChI is InChI=1S/C24H41N5O.HI/c1-4-6-7-10-19(3)28-24(26-5-2)27-16-20-11-8-12-21(15-20)17-29-14-9-13-22(18-29)23(25)30;/h8,11-12,15,19,22H,4-7,9-10,13-14,16-18H2,1-3H3,(H2,25,30)(H2,26,27,28);1H. The van der Waals surface area contributed by atoms with Crippen molar-refractivity contribution < 1.29 is 4.79 Å². The second-order valence-electron chi connectivity index (χ2n) is 8.53. The predicted octanol–water partition coefficient (Wildman–Crippen LogP) is 4.03. The number of amides is 1. The van der Waals surface area contributed by atoms with E-state index in [4.69, 9.17) is 10.7 Å². The topological polar surface area (TPSA) is 82.8 Å². The van der Waals surface area contributed by atoms with Gasteiger partial charge in [0.15, 0.2) is 5.96 Å². The summed E-state index contributed by atoms with van der Waals surface area (Å²) in [5.74, 6) is 0.696. The lowest BCUT2D eigenvalue weighted by molar-refractivity contribution is -0.123. The molecule has 0 bridgehead atoms. The number of carbonyl (C=O) groups excluding carboxylic acids is 1. The van der Waals surface area contributed by atoms with Crippen LogP contribution in [-0.4, -0.2) is 42.4 Å². The van der Waals surface area contributed by atoms with Crippen LogP contribution >= 0.6 is 24.0 Å². The third-order valence-electron chi connectivity index (χ3n) is 5.69. The van der Waals surface area contributed by atoms with Crippen LogP contribution in [0.15, 0.2) is 29.3 Å². The van der Waals surface area contributed by atoms with Gasteiger partial charge in [-0.3, -0.25) is 9.69 Å². The zero-order valence-electron chi connectivity index (χ0n) is 19.5. The minimum Gasteiger partial charge on any atom is -0.369 e. The molecule has 1 fully saturated rings. The van der Waals surface area contributed by atoms with E-state index in [9.17, 15) is 4.79 Å². The predicted molar refractivity (Wildman–Crippen MR) is 141 cm³/mol. The van der Waals surface area contributed by atoms with Crippen LogP contribution in [0.4, 0.5) is 0 Å². The molecule has 4 N–H and O–H groups in total. The highest BCUT2D eigenvalue weighted by molar-refractivity contribution is 14.0. The van der Waals surface area contributed by atoms with E-state index >= 15 is 0 Å². The first-order valence-electron chi connectivity index (χ1n) is 11.7. The number of nitrogens with two attached hydrogens (primary N) is 1. The first kappa shape index (κ1) is 27.7. The molecule has 1 saturated heterocycles. The summed E-state index contributed by atoms with van der Waals surface area (Å²) in [5, 5.41) is 6.89. The molecule has 1 aromatic carbocycles. The molecule has 31 heavy (non-hydrogen) atoms. The van der Waals surface area contributed by atoms with Crippen LogP contribution in [0.5, 0.6) is 0 Å². The zero-order valence-corrected chi connectivity index (χ0v) is 21.9. The summed E-state index contributed by atoms with van der Waals surface area (Å²) < 4.78 is 0. The molecule has 0 saturated carbocycles. The maximum atomic E-state index is 11.5. The molecule has 6 nitrogen and oxygen atoms in total. The zero-order chi connectivity index (χ0) is 21.8. The highest BCUT2D eigenvalue weighted by Crippen LogP contribution is 2.19. The number of nitrogens with one attached hydrogen (secondary N) is 2. The quantitative estimate of drug-likeness (QED) is 0.170. The fourth-order valence-electron chi connectivity index (χ4n) is 4.01. The number of halogens is 1. The first-order chi connectivity index (χ1) is 14.5. The number of primary amides is 1. The Labute approximate surface area is 205 Å². The Bertz CT molecular complexity index is 682. The fourth-order valence-corrected chi connectivity index (χ4v) is 4.01. The van der Waals surface area contributed by atoms with Gasteiger partial charge in [-0.05, 0) is 50.8 Å². The second-order valence-corrected chi connectivity index (χ2v) is 8.53. The van der Waals surface area contributed by atoms with Crippen molar-refractivity contribution in [3.63, 3.8) is 0 Å². The van der Waals surface area contributed by atoms with Crippen LogP contribution in [0.2, 0.25) is 0 Å². The van der Waals surface area contributed by atoms with Gasteiger partial charge in [0.1, 0.15) is 0 Å². The average Bonchev–Trinajstić information content (AvgIpc) is 2.73. The molecule has 0 radical (unpaired) electrons. The lowest BCUT2D eigenvalue weighted by Crippen LogP contribution is -2.42. The van der Waals surface area contributed by atoms with Crippen molar-refractivity contribution in [2.45, 2.75) is 78.4 Å². The van der Waals surface area contributed by atoms with Gasteiger partial charge >= 0.3 is 0 Å². The Kier molecular flexibility index (Phi) is 13.8. The molecule has 2 unspecified atom stereocenters. The number of aliphatic imine (C=N–C) groups is 1. The largest absolute Gasteiger partial charge is 0.369 e. The van der Waals surface area contributed by atoms with Crippen molar-refractivity contribution in [1.82, 2.24) is 15.5 Å². The number of hydrogen-bond acceptors (Lipinski definition) is 3. The number of piperidine rings is 1. The van der Waals surface area contributed by atoms with Crippen molar-refractivity contribution in [3.05, 3.63) is 35.4 Å². The molecule has 2 rings (SSSR count). The Morgan fingerprint density at radius 2 is 2.06 bits per heavy atom. The van der Waals surface area contributed by atoms with Crippen molar-refractivity contribution in [1.29, 1.82) is 0 Å². The van der Waals surface area contributed by atoms with E-state index in [0.717, 1.165) is 51.4 Å². The summed E-state index contributed by atoms with van der Waals surface area (Å²) in [7, 11) is 0. The number of hydrogen-bond donors (Lipinski definition) is 3. The summed E-state index contributed by atoms with van der Waals surface area (Å²) in [6.07, 6.45) is 6.89. The first-order valence-corrected chi connectivity index (χ1v) is 11.7. The van der Waals surface area contributed by atoms with E-state index in [2.05, 4.69) is 60.6 Å². The van der Waals surface area contributed by atoms with E-state index < -0.39 is 0 Å². The van der Waals surface area contributed by atoms with Gasteiger partial charge in [-0.1, -0.05) is 50.5 Å². The van der Waals surface area contributed by atoms with Gasteiger partial charge in [-0.25, -0.2) is 4.99 Å². The van der Waals surface area contributed by atoms with Crippen molar-refractivity contribution in [2.75, 3.05) is 19.6 Å². The highest BCUT2D eigenvalue weighted by atomic mass is 127. The Morgan fingerprint density at radius 3 is 2.77 bits per heavy atom. The number of rotatable bonds is 11. The Hall–Kier alpha value is -1.35. The molecule has 0 spiro atoms. The number of unbranched alkanes of at least 4 members (excludes halogenated alkanes) is 2. The Morgan fingerprint density at radius 1 is 1.29 bits per heavy atom. The van der Waals surface area contributed by atoms with Gasteiger partial charge in [-0.2, -0.15) is 0 Å². The van der Waals surface area contributed by atoms with Gasteiger partial charge in [0.2, 0.25) is 5.91 Å². The molecule has 1 amide bonds. The maximum Gasteiger partial charge on any atom is 0.221 e. The molecule has 0 aliphatic carbocycles. The SMILES string of the molecule is CCCCCC(C)NC(=NCc1cccc(CN2CCCC(C(N)=O)C2)c1)NCC.I. The second kappa shape index (κ2) is 15.5. The molecule has 176 valence electrons. The molecule has 0 aromatic heterocycles. The van der Waals surface area contributed by atoms with Gasteiger partial charge in [0.25, 0.3) is 0 Å². The highest BCUT2D eigenvalue weighted by Gasteiger charge is 2.23. The number of carbonyl (C=O) groups is 1. The smallest absolute Gasteiger partial charge is 0.221 e. The molecule has 7 heteroatoms. The van der Waals surface area contributed by atoms with Crippen LogP contribution < -0.4 is 16.4 Å². The monoisotopic (exact) mass is 543 g/mol. The van der Waals surface area contributed by atoms with Gasteiger partial charge in [-0.15, -0.1) is 24.0 Å². The van der Waals surface area contributed by atoms with E-state index in [-0.39, 0.29) is 35.8 Å². The van der Waals surface area contributed by atoms with E-state index in [1.165, 1.54) is 30.4 Å². The lowest BCUT2D eigenvalue weighted by atomic mass is 9.97. The summed E-state index contributed by atoms with van der Waals surface area (Å²) in [6, 6.07) is 9.02. The van der Waals surface area contributed by atoms with E-state index in [1.807, 2.05) is 0 Å². The molecule has 2 atom stereocenters. The summed E-state index contributed by atoms with van der Waals surface area (Å²) in [5.41, 5.74) is 7.98. The van der Waals surface area contributed by atoms with E-state index in [1.54, 1.807) is 0 Å². The third kappa shape index (κ3) is 10.7. The molecule has 1 aromatic rings.